The highest BCUT2D eigenvalue weighted by Gasteiger charge is 2.22. The molecule has 1 aliphatic heterocycles. The molecule has 1 fully saturated rings. The van der Waals surface area contributed by atoms with Crippen LogP contribution in [0.25, 0.3) is 22.3 Å². The van der Waals surface area contributed by atoms with E-state index in [1.165, 1.54) is 7.11 Å². The Hall–Kier alpha value is -3.28. The minimum atomic E-state index is -0.407. The average molecular weight is 361 g/mol. The van der Waals surface area contributed by atoms with Crippen molar-refractivity contribution in [1.29, 1.82) is 0 Å². The van der Waals surface area contributed by atoms with Crippen molar-refractivity contribution >= 4 is 28.6 Å². The Kier molecular flexibility index (Phi) is 4.54. The molecule has 27 heavy (non-hydrogen) atoms. The first kappa shape index (κ1) is 17.1. The van der Waals surface area contributed by atoms with Gasteiger partial charge < -0.3 is 9.64 Å². The molecule has 0 aliphatic carbocycles. The third kappa shape index (κ3) is 3.38. The Morgan fingerprint density at radius 3 is 2.44 bits per heavy atom. The molecular weight excluding hydrogens is 342 g/mol. The molecule has 6 heteroatoms. The number of methoxy groups -OCH3 is 1. The number of benzene rings is 2. The molecule has 0 bridgehead atoms. The van der Waals surface area contributed by atoms with Gasteiger partial charge in [0.2, 0.25) is 0 Å². The summed E-state index contributed by atoms with van der Waals surface area (Å²) in [6, 6.07) is 15.0. The fourth-order valence-electron chi connectivity index (χ4n) is 3.27. The molecular formula is C21H19N3O3. The maximum absolute atomic E-state index is 11.8. The van der Waals surface area contributed by atoms with Crippen molar-refractivity contribution in [2.75, 3.05) is 25.1 Å². The highest BCUT2D eigenvalue weighted by Crippen LogP contribution is 2.31. The smallest absolute Gasteiger partial charge is 0.337 e. The first-order chi connectivity index (χ1) is 13.2. The van der Waals surface area contributed by atoms with Crippen molar-refractivity contribution in [1.82, 2.24) is 9.97 Å². The van der Waals surface area contributed by atoms with E-state index in [1.54, 1.807) is 18.2 Å². The lowest BCUT2D eigenvalue weighted by molar-refractivity contribution is -0.119. The van der Waals surface area contributed by atoms with Crippen molar-refractivity contribution < 1.29 is 14.3 Å². The molecule has 0 amide bonds. The van der Waals surface area contributed by atoms with Gasteiger partial charge in [-0.15, -0.1) is 0 Å². The van der Waals surface area contributed by atoms with Gasteiger partial charge in [0.25, 0.3) is 0 Å². The Morgan fingerprint density at radius 2 is 1.74 bits per heavy atom. The van der Waals surface area contributed by atoms with Crippen molar-refractivity contribution in [3.8, 4) is 11.3 Å². The lowest BCUT2D eigenvalue weighted by Gasteiger charge is -2.28. The number of ether oxygens (including phenoxy) is 1. The topological polar surface area (TPSA) is 72.4 Å². The van der Waals surface area contributed by atoms with Crippen LogP contribution in [0.2, 0.25) is 0 Å². The average Bonchev–Trinajstić information content (AvgIpc) is 2.73. The Morgan fingerprint density at radius 1 is 1.00 bits per heavy atom. The summed E-state index contributed by atoms with van der Waals surface area (Å²) in [5.41, 5.74) is 3.52. The lowest BCUT2D eigenvalue weighted by Crippen LogP contribution is -2.34. The fourth-order valence-corrected chi connectivity index (χ4v) is 3.27. The molecule has 0 spiro atoms. The van der Waals surface area contributed by atoms with E-state index in [0.29, 0.717) is 42.5 Å². The SMILES string of the molecule is COC(=O)c1ccc2nc(-c3ccccc3)c(N3CCC(=O)CC3)nc2c1. The van der Waals surface area contributed by atoms with Gasteiger partial charge in [0.15, 0.2) is 5.82 Å². The molecule has 1 saturated heterocycles. The van der Waals surface area contributed by atoms with Gasteiger partial charge in [-0.2, -0.15) is 0 Å². The van der Waals surface area contributed by atoms with Crippen LogP contribution in [0.15, 0.2) is 48.5 Å². The normalized spacial score (nSPS) is 14.4. The van der Waals surface area contributed by atoms with Crippen molar-refractivity contribution in [2.45, 2.75) is 12.8 Å². The maximum atomic E-state index is 11.8. The van der Waals surface area contributed by atoms with Crippen LogP contribution in [0.5, 0.6) is 0 Å². The molecule has 1 aromatic heterocycles. The summed E-state index contributed by atoms with van der Waals surface area (Å²) in [4.78, 5) is 35.2. The number of esters is 1. The molecule has 0 unspecified atom stereocenters. The third-order valence-corrected chi connectivity index (χ3v) is 4.73. The molecule has 0 N–H and O–H groups in total. The third-order valence-electron chi connectivity index (χ3n) is 4.73. The zero-order valence-electron chi connectivity index (χ0n) is 15.0. The number of carbonyl (C=O) groups excluding carboxylic acids is 2. The largest absolute Gasteiger partial charge is 0.465 e. The van der Waals surface area contributed by atoms with Crippen LogP contribution >= 0.6 is 0 Å². The molecule has 2 heterocycles. The zero-order chi connectivity index (χ0) is 18.8. The Labute approximate surface area is 156 Å². The summed E-state index contributed by atoms with van der Waals surface area (Å²) >= 11 is 0. The zero-order valence-corrected chi connectivity index (χ0v) is 15.0. The minimum Gasteiger partial charge on any atom is -0.465 e. The van der Waals surface area contributed by atoms with Gasteiger partial charge in [-0.1, -0.05) is 30.3 Å². The number of fused-ring (bicyclic) bond motifs is 1. The van der Waals surface area contributed by atoms with Gasteiger partial charge in [-0.25, -0.2) is 14.8 Å². The summed E-state index contributed by atoms with van der Waals surface area (Å²) in [6.45, 7) is 1.24. The van der Waals surface area contributed by atoms with E-state index in [-0.39, 0.29) is 5.78 Å². The minimum absolute atomic E-state index is 0.272. The fraction of sp³-hybridized carbons (Fsp3) is 0.238. The molecule has 136 valence electrons. The Bertz CT molecular complexity index is 1010. The van der Waals surface area contributed by atoms with Crippen LogP contribution in [0.3, 0.4) is 0 Å². The number of piperidine rings is 1. The molecule has 2 aromatic carbocycles. The number of rotatable bonds is 3. The number of Topliss-reactive ketones (excluding diaryl/α,β-unsaturated/α-hetero) is 1. The number of nitrogens with zero attached hydrogens (tertiary/aromatic N) is 3. The number of carbonyl (C=O) groups is 2. The van der Waals surface area contributed by atoms with Crippen molar-refractivity contribution in [2.24, 2.45) is 0 Å². The highest BCUT2D eigenvalue weighted by molar-refractivity contribution is 5.94. The summed E-state index contributed by atoms with van der Waals surface area (Å²) in [5.74, 6) is 0.605. The molecule has 6 nitrogen and oxygen atoms in total. The van der Waals surface area contributed by atoms with Crippen LogP contribution in [-0.2, 0) is 9.53 Å². The monoisotopic (exact) mass is 361 g/mol. The summed E-state index contributed by atoms with van der Waals surface area (Å²) in [6.07, 6.45) is 1.02. The number of aromatic nitrogens is 2. The summed E-state index contributed by atoms with van der Waals surface area (Å²) in [7, 11) is 1.35. The second kappa shape index (κ2) is 7.15. The van der Waals surface area contributed by atoms with Crippen LogP contribution in [0, 0.1) is 0 Å². The highest BCUT2D eigenvalue weighted by atomic mass is 16.5. The predicted octanol–water partition coefficient (Wildman–Crippen LogP) is 3.25. The van der Waals surface area contributed by atoms with E-state index < -0.39 is 5.97 Å². The lowest BCUT2D eigenvalue weighted by atomic mass is 10.1. The van der Waals surface area contributed by atoms with Gasteiger partial charge in [-0.05, 0) is 18.2 Å². The maximum Gasteiger partial charge on any atom is 0.337 e. The van der Waals surface area contributed by atoms with Gasteiger partial charge in [0, 0.05) is 31.5 Å². The molecule has 0 saturated carbocycles. The molecule has 4 rings (SSSR count). The van der Waals surface area contributed by atoms with Gasteiger partial charge in [0.1, 0.15) is 11.5 Å². The molecule has 0 radical (unpaired) electrons. The number of hydrogen-bond donors (Lipinski definition) is 0. The van der Waals surface area contributed by atoms with Gasteiger partial charge in [0.05, 0.1) is 23.7 Å². The summed E-state index contributed by atoms with van der Waals surface area (Å²) in [5, 5.41) is 0. The van der Waals surface area contributed by atoms with Crippen molar-refractivity contribution in [3.63, 3.8) is 0 Å². The van der Waals surface area contributed by atoms with Crippen LogP contribution < -0.4 is 4.90 Å². The number of anilines is 1. The van der Waals surface area contributed by atoms with Crippen LogP contribution in [0.1, 0.15) is 23.2 Å². The second-order valence-corrected chi connectivity index (χ2v) is 6.48. The van der Waals surface area contributed by atoms with Crippen LogP contribution in [0.4, 0.5) is 5.82 Å². The van der Waals surface area contributed by atoms with E-state index >= 15 is 0 Å². The number of hydrogen-bond acceptors (Lipinski definition) is 6. The van der Waals surface area contributed by atoms with E-state index in [1.807, 2.05) is 30.3 Å². The first-order valence-electron chi connectivity index (χ1n) is 8.88. The van der Waals surface area contributed by atoms with E-state index in [4.69, 9.17) is 14.7 Å². The summed E-state index contributed by atoms with van der Waals surface area (Å²) < 4.78 is 4.80. The second-order valence-electron chi connectivity index (χ2n) is 6.48. The van der Waals surface area contributed by atoms with E-state index in [0.717, 1.165) is 17.1 Å². The molecule has 3 aromatic rings. The van der Waals surface area contributed by atoms with Gasteiger partial charge >= 0.3 is 5.97 Å². The quantitative estimate of drug-likeness (QED) is 0.667. The van der Waals surface area contributed by atoms with E-state index in [9.17, 15) is 9.59 Å². The van der Waals surface area contributed by atoms with Gasteiger partial charge in [-0.3, -0.25) is 4.79 Å². The molecule has 1 aliphatic rings. The number of ketones is 1. The van der Waals surface area contributed by atoms with Crippen LogP contribution in [-0.4, -0.2) is 41.9 Å². The predicted molar refractivity (Wildman–Crippen MR) is 103 cm³/mol. The van der Waals surface area contributed by atoms with Crippen molar-refractivity contribution in [3.05, 3.63) is 54.1 Å². The molecule has 0 atom stereocenters. The van der Waals surface area contributed by atoms with E-state index in [2.05, 4.69) is 4.90 Å². The Balaban J connectivity index is 1.87. The standard InChI is InChI=1S/C21H19N3O3/c1-27-21(26)15-7-8-17-18(13-15)23-20(24-11-9-16(25)10-12-24)19(22-17)14-5-3-2-4-6-14/h2-8,13H,9-12H2,1H3. The first-order valence-corrected chi connectivity index (χ1v) is 8.88.